The number of rotatable bonds is 3. The van der Waals surface area contributed by atoms with Crippen molar-refractivity contribution in [2.75, 3.05) is 0 Å². The number of ether oxygens (including phenoxy) is 3. The zero-order valence-electron chi connectivity index (χ0n) is 16.4. The van der Waals surface area contributed by atoms with Crippen molar-refractivity contribution in [1.82, 2.24) is 4.98 Å². The molecule has 154 valence electrons. The van der Waals surface area contributed by atoms with Crippen LogP contribution in [-0.4, -0.2) is 41.2 Å². The Morgan fingerprint density at radius 3 is 2.70 bits per heavy atom. The predicted octanol–water partition coefficient (Wildman–Crippen LogP) is 2.70. The molecule has 0 saturated carbocycles. The number of nitrogens with zero attached hydrogens (tertiary/aromatic N) is 1. The molecular formula is C23H21NO6. The molecule has 0 N–H and O–H groups in total. The Bertz CT molecular complexity index is 990. The summed E-state index contributed by atoms with van der Waals surface area (Å²) < 4.78 is 16.5. The van der Waals surface area contributed by atoms with Gasteiger partial charge in [0.15, 0.2) is 0 Å². The van der Waals surface area contributed by atoms with Gasteiger partial charge in [0, 0.05) is 42.5 Å². The van der Waals surface area contributed by atoms with E-state index in [2.05, 4.69) is 11.6 Å². The molecule has 4 atom stereocenters. The van der Waals surface area contributed by atoms with Crippen molar-refractivity contribution in [3.05, 3.63) is 71.6 Å². The molecule has 1 aliphatic carbocycles. The summed E-state index contributed by atoms with van der Waals surface area (Å²) in [5.74, 6) is -2.10. The second-order valence-corrected chi connectivity index (χ2v) is 7.57. The minimum atomic E-state index is -0.753. The first-order chi connectivity index (χ1) is 14.4. The van der Waals surface area contributed by atoms with Crippen LogP contribution in [0.25, 0.3) is 6.08 Å². The molecule has 3 heterocycles. The maximum absolute atomic E-state index is 12.5. The molecule has 4 rings (SSSR count). The van der Waals surface area contributed by atoms with Crippen molar-refractivity contribution in [2.24, 2.45) is 5.92 Å². The van der Waals surface area contributed by atoms with Crippen molar-refractivity contribution in [2.45, 2.75) is 38.1 Å². The molecule has 0 amide bonds. The van der Waals surface area contributed by atoms with Gasteiger partial charge < -0.3 is 14.2 Å². The molecule has 1 aromatic heterocycles. The fourth-order valence-electron chi connectivity index (χ4n) is 3.92. The lowest BCUT2D eigenvalue weighted by Crippen LogP contribution is -2.32. The molecule has 1 aromatic rings. The van der Waals surface area contributed by atoms with Crippen molar-refractivity contribution in [3.63, 3.8) is 0 Å². The number of carbonyl (C=O) groups is 3. The Morgan fingerprint density at radius 2 is 1.93 bits per heavy atom. The fraction of sp³-hybridized carbons (Fsp3) is 0.304. The second kappa shape index (κ2) is 8.10. The Balaban J connectivity index is 1.60. The first kappa shape index (κ1) is 19.8. The summed E-state index contributed by atoms with van der Waals surface area (Å²) in [6.45, 7) is 5.71. The molecule has 7 heteroatoms. The molecule has 1 saturated heterocycles. The van der Waals surface area contributed by atoms with E-state index in [1.807, 2.05) is 6.92 Å². The largest absolute Gasteiger partial charge is 0.458 e. The quantitative estimate of drug-likeness (QED) is 0.329. The van der Waals surface area contributed by atoms with Gasteiger partial charge in [-0.3, -0.25) is 4.98 Å². The van der Waals surface area contributed by atoms with Gasteiger partial charge in [-0.15, -0.1) is 0 Å². The van der Waals surface area contributed by atoms with Crippen LogP contribution in [0.4, 0.5) is 0 Å². The summed E-state index contributed by atoms with van der Waals surface area (Å²) in [7, 11) is 0. The van der Waals surface area contributed by atoms with Crippen LogP contribution >= 0.6 is 0 Å². The van der Waals surface area contributed by atoms with Gasteiger partial charge in [0.05, 0.1) is 5.92 Å². The average molecular weight is 407 g/mol. The van der Waals surface area contributed by atoms with Gasteiger partial charge in [-0.25, -0.2) is 14.4 Å². The van der Waals surface area contributed by atoms with Crippen LogP contribution in [-0.2, 0) is 28.6 Å². The van der Waals surface area contributed by atoms with Crippen molar-refractivity contribution >= 4 is 24.0 Å². The van der Waals surface area contributed by atoms with Crippen LogP contribution in [0, 0.1) is 5.92 Å². The Labute approximate surface area is 173 Å². The van der Waals surface area contributed by atoms with Gasteiger partial charge in [0.1, 0.15) is 18.3 Å². The zero-order chi connectivity index (χ0) is 21.3. The van der Waals surface area contributed by atoms with E-state index < -0.39 is 36.0 Å². The zero-order valence-corrected chi connectivity index (χ0v) is 16.4. The lowest BCUT2D eigenvalue weighted by molar-refractivity contribution is -0.145. The molecule has 3 aliphatic rings. The number of hydrogen-bond donors (Lipinski definition) is 0. The van der Waals surface area contributed by atoms with E-state index in [9.17, 15) is 14.4 Å². The fourth-order valence-corrected chi connectivity index (χ4v) is 3.92. The van der Waals surface area contributed by atoms with E-state index >= 15 is 0 Å². The first-order valence-electron chi connectivity index (χ1n) is 9.68. The van der Waals surface area contributed by atoms with Gasteiger partial charge in [-0.1, -0.05) is 12.2 Å². The normalized spacial score (nSPS) is 30.1. The Hall–Kier alpha value is -3.48. The molecular weight excluding hydrogens is 386 g/mol. The minimum absolute atomic E-state index is 0.193. The first-order valence-corrected chi connectivity index (χ1v) is 9.68. The standard InChI is InChI=1S/C23H21NO6/c1-13-9-17-11-16(23(27)28-17)12-19-21(14(2)22(26)30-19)18(10-13)29-20(25)4-3-15-5-7-24-8-6-15/h3-8,10-11,17-19,21H,2,9,12H2,1H3/b4-3+,13-10+/t17-,18+,19-,21-/m0/s1. The Kier molecular flexibility index (Phi) is 5.35. The predicted molar refractivity (Wildman–Crippen MR) is 107 cm³/mol. The highest BCUT2D eigenvalue weighted by Gasteiger charge is 2.46. The molecule has 7 nitrogen and oxygen atoms in total. The topological polar surface area (TPSA) is 91.8 Å². The molecule has 30 heavy (non-hydrogen) atoms. The summed E-state index contributed by atoms with van der Waals surface area (Å²) in [4.78, 5) is 40.8. The molecule has 0 spiro atoms. The summed E-state index contributed by atoms with van der Waals surface area (Å²) in [5.41, 5.74) is 2.37. The van der Waals surface area contributed by atoms with Crippen molar-refractivity contribution in [1.29, 1.82) is 0 Å². The highest BCUT2D eigenvalue weighted by molar-refractivity contribution is 5.93. The lowest BCUT2D eigenvalue weighted by Gasteiger charge is -2.25. The molecule has 2 aliphatic heterocycles. The van der Waals surface area contributed by atoms with Crippen LogP contribution in [0.2, 0.25) is 0 Å². The SMILES string of the molecule is C=C1C(=O)O[C@H]2CC3=C[C@H](C/C(C)=C/[C@@H](OC(=O)/C=C/c4ccncc4)[C@H]12)OC3=O. The van der Waals surface area contributed by atoms with Crippen LogP contribution in [0.1, 0.15) is 25.3 Å². The third-order valence-electron chi connectivity index (χ3n) is 5.35. The van der Waals surface area contributed by atoms with E-state index in [1.54, 1.807) is 42.8 Å². The van der Waals surface area contributed by atoms with Crippen LogP contribution < -0.4 is 0 Å². The van der Waals surface area contributed by atoms with Gasteiger partial charge in [-0.2, -0.15) is 0 Å². The van der Waals surface area contributed by atoms with Crippen molar-refractivity contribution in [3.8, 4) is 0 Å². The molecule has 1 fully saturated rings. The van der Waals surface area contributed by atoms with E-state index in [1.165, 1.54) is 6.08 Å². The van der Waals surface area contributed by atoms with Gasteiger partial charge >= 0.3 is 17.9 Å². The molecule has 0 unspecified atom stereocenters. The van der Waals surface area contributed by atoms with E-state index in [4.69, 9.17) is 14.2 Å². The van der Waals surface area contributed by atoms with E-state index in [-0.39, 0.29) is 18.1 Å². The molecule has 2 bridgehead atoms. The van der Waals surface area contributed by atoms with Gasteiger partial charge in [-0.05, 0) is 42.8 Å². The maximum Gasteiger partial charge on any atom is 0.334 e. The monoisotopic (exact) mass is 407 g/mol. The second-order valence-electron chi connectivity index (χ2n) is 7.57. The number of hydrogen-bond acceptors (Lipinski definition) is 7. The smallest absolute Gasteiger partial charge is 0.334 e. The molecule has 0 radical (unpaired) electrons. The minimum Gasteiger partial charge on any atom is -0.458 e. The highest BCUT2D eigenvalue weighted by atomic mass is 16.6. The van der Waals surface area contributed by atoms with E-state index in [0.717, 1.165) is 11.1 Å². The number of aromatic nitrogens is 1. The molecule has 0 aromatic carbocycles. The van der Waals surface area contributed by atoms with Gasteiger partial charge in [0.2, 0.25) is 0 Å². The number of esters is 3. The van der Waals surface area contributed by atoms with Crippen LogP contribution in [0.5, 0.6) is 0 Å². The lowest BCUT2D eigenvalue weighted by atomic mass is 9.85. The summed E-state index contributed by atoms with van der Waals surface area (Å²) in [6, 6.07) is 3.53. The number of pyridine rings is 1. The third-order valence-corrected chi connectivity index (χ3v) is 5.35. The van der Waals surface area contributed by atoms with E-state index in [0.29, 0.717) is 12.0 Å². The number of fused-ring (bicyclic) bond motifs is 2. The van der Waals surface area contributed by atoms with Crippen LogP contribution in [0.3, 0.4) is 0 Å². The average Bonchev–Trinajstić information content (AvgIpc) is 3.18. The number of carbonyl (C=O) groups excluding carboxylic acids is 3. The van der Waals surface area contributed by atoms with Crippen LogP contribution in [0.15, 0.2) is 66.1 Å². The van der Waals surface area contributed by atoms with Gasteiger partial charge in [0.25, 0.3) is 0 Å². The van der Waals surface area contributed by atoms with Crippen molar-refractivity contribution < 1.29 is 28.6 Å². The highest BCUT2D eigenvalue weighted by Crippen LogP contribution is 2.38. The third kappa shape index (κ3) is 4.10. The summed E-state index contributed by atoms with van der Waals surface area (Å²) in [6.07, 6.45) is 8.65. The Morgan fingerprint density at radius 1 is 1.17 bits per heavy atom. The maximum atomic E-state index is 12.5. The summed E-state index contributed by atoms with van der Waals surface area (Å²) >= 11 is 0. The summed E-state index contributed by atoms with van der Waals surface area (Å²) in [5, 5.41) is 0.